The Labute approximate surface area is 82.4 Å². The van der Waals surface area contributed by atoms with Gasteiger partial charge in [-0.15, -0.1) is 0 Å². The molecule has 14 heavy (non-hydrogen) atoms. The molecule has 1 amide bonds. The Morgan fingerprint density at radius 3 is 2.50 bits per heavy atom. The topological polar surface area (TPSA) is 38.3 Å². The number of carbonyl (C=O) groups is 1. The van der Waals surface area contributed by atoms with Crippen molar-refractivity contribution in [3.63, 3.8) is 0 Å². The fourth-order valence-corrected chi connectivity index (χ4v) is 1.43. The predicted molar refractivity (Wildman–Crippen MR) is 54.0 cm³/mol. The number of hydrogen-bond donors (Lipinski definition) is 1. The maximum absolute atomic E-state index is 10.9. The van der Waals surface area contributed by atoms with Crippen molar-refractivity contribution >= 4 is 11.5 Å². The van der Waals surface area contributed by atoms with Crippen LogP contribution in [0, 0.1) is 0 Å². The van der Waals surface area contributed by atoms with Crippen LogP contribution in [-0.4, -0.2) is 19.6 Å². The van der Waals surface area contributed by atoms with Gasteiger partial charge in [0, 0.05) is 12.6 Å². The molecule has 1 heterocycles. The molecule has 0 bridgehead atoms. The van der Waals surface area contributed by atoms with E-state index in [9.17, 15) is 4.79 Å². The third-order valence-electron chi connectivity index (χ3n) is 2.22. The number of hydrogen-bond acceptors (Lipinski definition) is 2. The van der Waals surface area contributed by atoms with Crippen molar-refractivity contribution in [2.24, 2.45) is 0 Å². The summed E-state index contributed by atoms with van der Waals surface area (Å²) in [7, 11) is 1.63. The van der Waals surface area contributed by atoms with Crippen LogP contribution in [-0.2, 0) is 4.79 Å². The van der Waals surface area contributed by atoms with Gasteiger partial charge in [-0.3, -0.25) is 4.79 Å². The largest absolute Gasteiger partial charge is 0.497 e. The molecule has 0 radical (unpaired) electrons. The molecule has 0 saturated carbocycles. The van der Waals surface area contributed by atoms with Crippen molar-refractivity contribution in [3.8, 4) is 5.75 Å². The Bertz CT molecular complexity index is 379. The summed E-state index contributed by atoms with van der Waals surface area (Å²) in [6, 6.07) is 7.67. The first-order valence-electron chi connectivity index (χ1n) is 4.42. The van der Waals surface area contributed by atoms with Gasteiger partial charge in [-0.05, 0) is 23.3 Å². The summed E-state index contributed by atoms with van der Waals surface area (Å²) in [5.41, 5.74) is 2.09. The molecular formula is C11H11NO2. The minimum absolute atomic E-state index is 0.0178. The average Bonchev–Trinajstić information content (AvgIpc) is 2.65. The summed E-state index contributed by atoms with van der Waals surface area (Å²) in [5, 5.41) is 2.73. The van der Waals surface area contributed by atoms with Crippen LogP contribution in [0.3, 0.4) is 0 Å². The molecule has 1 aliphatic heterocycles. The van der Waals surface area contributed by atoms with Gasteiger partial charge in [-0.25, -0.2) is 0 Å². The van der Waals surface area contributed by atoms with E-state index < -0.39 is 0 Å². The lowest BCUT2D eigenvalue weighted by Gasteiger charge is -2.03. The minimum atomic E-state index is -0.0178. The van der Waals surface area contributed by atoms with Gasteiger partial charge < -0.3 is 10.1 Å². The normalized spacial score (nSPS) is 14.9. The number of carbonyl (C=O) groups excluding carboxylic acids is 1. The highest BCUT2D eigenvalue weighted by Crippen LogP contribution is 2.19. The summed E-state index contributed by atoms with van der Waals surface area (Å²) in [4.78, 5) is 10.9. The van der Waals surface area contributed by atoms with Crippen LogP contribution < -0.4 is 10.1 Å². The first-order valence-corrected chi connectivity index (χ1v) is 4.42. The van der Waals surface area contributed by atoms with Crippen LogP contribution >= 0.6 is 0 Å². The highest BCUT2D eigenvalue weighted by molar-refractivity contribution is 6.00. The Kier molecular flexibility index (Phi) is 2.23. The van der Waals surface area contributed by atoms with Crippen LogP contribution in [0.25, 0.3) is 5.57 Å². The number of amides is 1. The monoisotopic (exact) mass is 189 g/mol. The first kappa shape index (κ1) is 8.81. The molecule has 0 fully saturated rings. The SMILES string of the molecule is COc1ccc(C2=CC(=O)NC2)cc1. The first-order chi connectivity index (χ1) is 6.79. The molecular weight excluding hydrogens is 178 g/mol. The van der Waals surface area contributed by atoms with Gasteiger partial charge in [-0.1, -0.05) is 12.1 Å². The van der Waals surface area contributed by atoms with Gasteiger partial charge in [0.15, 0.2) is 0 Å². The van der Waals surface area contributed by atoms with Crippen molar-refractivity contribution in [2.45, 2.75) is 0 Å². The average molecular weight is 189 g/mol. The summed E-state index contributed by atoms with van der Waals surface area (Å²) in [6.07, 6.45) is 1.63. The Morgan fingerprint density at radius 2 is 2.00 bits per heavy atom. The third-order valence-corrected chi connectivity index (χ3v) is 2.22. The highest BCUT2D eigenvalue weighted by atomic mass is 16.5. The van der Waals surface area contributed by atoms with Crippen molar-refractivity contribution in [1.29, 1.82) is 0 Å². The molecule has 1 N–H and O–H groups in total. The molecule has 0 aliphatic carbocycles. The maximum atomic E-state index is 10.9. The molecule has 2 rings (SSSR count). The molecule has 1 aromatic rings. The molecule has 1 aliphatic rings. The van der Waals surface area contributed by atoms with Gasteiger partial charge >= 0.3 is 0 Å². The summed E-state index contributed by atoms with van der Waals surface area (Å²) in [6.45, 7) is 0.616. The second-order valence-corrected chi connectivity index (χ2v) is 3.12. The fourth-order valence-electron chi connectivity index (χ4n) is 1.43. The molecule has 3 nitrogen and oxygen atoms in total. The zero-order valence-corrected chi connectivity index (χ0v) is 7.91. The minimum Gasteiger partial charge on any atom is -0.497 e. The smallest absolute Gasteiger partial charge is 0.244 e. The molecule has 0 atom stereocenters. The van der Waals surface area contributed by atoms with Gasteiger partial charge in [0.1, 0.15) is 5.75 Å². The zero-order valence-electron chi connectivity index (χ0n) is 7.91. The van der Waals surface area contributed by atoms with E-state index in [0.29, 0.717) is 6.54 Å². The molecule has 3 heteroatoms. The van der Waals surface area contributed by atoms with Crippen LogP contribution in [0.15, 0.2) is 30.3 Å². The van der Waals surface area contributed by atoms with E-state index in [0.717, 1.165) is 16.9 Å². The highest BCUT2D eigenvalue weighted by Gasteiger charge is 2.11. The molecule has 1 aromatic carbocycles. The van der Waals surface area contributed by atoms with E-state index in [1.165, 1.54) is 0 Å². The molecule has 0 unspecified atom stereocenters. The van der Waals surface area contributed by atoms with Gasteiger partial charge in [0.25, 0.3) is 0 Å². The van der Waals surface area contributed by atoms with Gasteiger partial charge in [0.05, 0.1) is 7.11 Å². The maximum Gasteiger partial charge on any atom is 0.244 e. The summed E-state index contributed by atoms with van der Waals surface area (Å²) < 4.78 is 5.05. The second-order valence-electron chi connectivity index (χ2n) is 3.12. The Morgan fingerprint density at radius 1 is 1.29 bits per heavy atom. The fraction of sp³-hybridized carbons (Fsp3) is 0.182. The van der Waals surface area contributed by atoms with Crippen molar-refractivity contribution in [1.82, 2.24) is 5.32 Å². The van der Waals surface area contributed by atoms with E-state index >= 15 is 0 Å². The summed E-state index contributed by atoms with van der Waals surface area (Å²) in [5.74, 6) is 0.808. The standard InChI is InChI=1S/C11H11NO2/c1-14-10-4-2-8(3-5-10)9-6-11(13)12-7-9/h2-6H,7H2,1H3,(H,12,13). The third kappa shape index (κ3) is 1.62. The van der Waals surface area contributed by atoms with Crippen LogP contribution in [0.4, 0.5) is 0 Å². The van der Waals surface area contributed by atoms with Crippen molar-refractivity contribution in [2.75, 3.05) is 13.7 Å². The van der Waals surface area contributed by atoms with E-state index in [-0.39, 0.29) is 5.91 Å². The Balaban J connectivity index is 2.25. The summed E-state index contributed by atoms with van der Waals surface area (Å²) >= 11 is 0. The van der Waals surface area contributed by atoms with E-state index in [1.807, 2.05) is 24.3 Å². The lowest BCUT2D eigenvalue weighted by Crippen LogP contribution is -2.14. The second kappa shape index (κ2) is 3.54. The van der Waals surface area contributed by atoms with Crippen molar-refractivity contribution < 1.29 is 9.53 Å². The van der Waals surface area contributed by atoms with Gasteiger partial charge in [0.2, 0.25) is 5.91 Å². The molecule has 0 aromatic heterocycles. The van der Waals surface area contributed by atoms with Crippen LogP contribution in [0.1, 0.15) is 5.56 Å². The number of ether oxygens (including phenoxy) is 1. The Hall–Kier alpha value is -1.77. The number of nitrogens with one attached hydrogen (secondary N) is 1. The molecule has 72 valence electrons. The predicted octanol–water partition coefficient (Wildman–Crippen LogP) is 1.21. The quantitative estimate of drug-likeness (QED) is 0.759. The van der Waals surface area contributed by atoms with Gasteiger partial charge in [-0.2, -0.15) is 0 Å². The molecule has 0 saturated heterocycles. The number of rotatable bonds is 2. The zero-order chi connectivity index (χ0) is 9.97. The molecule has 0 spiro atoms. The van der Waals surface area contributed by atoms with Crippen LogP contribution in [0.5, 0.6) is 5.75 Å². The lowest BCUT2D eigenvalue weighted by molar-refractivity contribution is -0.115. The number of benzene rings is 1. The van der Waals surface area contributed by atoms with Crippen molar-refractivity contribution in [3.05, 3.63) is 35.9 Å². The number of methoxy groups -OCH3 is 1. The van der Waals surface area contributed by atoms with E-state index in [2.05, 4.69) is 5.32 Å². The van der Waals surface area contributed by atoms with E-state index in [1.54, 1.807) is 13.2 Å². The van der Waals surface area contributed by atoms with E-state index in [4.69, 9.17) is 4.74 Å². The van der Waals surface area contributed by atoms with Crippen LogP contribution in [0.2, 0.25) is 0 Å². The lowest BCUT2D eigenvalue weighted by atomic mass is 10.1.